The molecular weight excluding hydrogens is 329 g/mol. The van der Waals surface area contributed by atoms with Crippen LogP contribution in [0.5, 0.6) is 5.75 Å². The number of nitrogens with one attached hydrogen (secondary N) is 1. The smallest absolute Gasteiger partial charge is 0.191 e. The molecule has 1 N–H and O–H groups in total. The maximum Gasteiger partial charge on any atom is 0.191 e. The van der Waals surface area contributed by atoms with Gasteiger partial charge in [0.05, 0.1) is 6.20 Å². The molecule has 0 radical (unpaired) electrons. The third kappa shape index (κ3) is 3.59. The van der Waals surface area contributed by atoms with Gasteiger partial charge in [0.25, 0.3) is 0 Å². The van der Waals surface area contributed by atoms with E-state index >= 15 is 0 Å². The fourth-order valence-electron chi connectivity index (χ4n) is 2.72. The Morgan fingerprint density at radius 3 is 2.52 bits per heavy atom. The molecule has 23 heavy (non-hydrogen) atoms. The summed E-state index contributed by atoms with van der Waals surface area (Å²) in [6.07, 6.45) is 2.55. The molecule has 0 saturated carbocycles. The van der Waals surface area contributed by atoms with Crippen LogP contribution >= 0.6 is 11.6 Å². The van der Waals surface area contributed by atoms with E-state index in [1.807, 2.05) is 0 Å². The number of hydrogen-bond donors (Lipinski definition) is 1. The molecule has 1 aliphatic heterocycles. The minimum Gasteiger partial charge on any atom is -0.479 e. The second-order valence-corrected chi connectivity index (χ2v) is 5.86. The Balaban J connectivity index is 1.96. The quantitative estimate of drug-likeness (QED) is 0.915. The minimum atomic E-state index is -0.893. The summed E-state index contributed by atoms with van der Waals surface area (Å²) in [5.74, 6) is -2.88. The third-order valence-corrected chi connectivity index (χ3v) is 4.01. The maximum atomic E-state index is 14.0. The van der Waals surface area contributed by atoms with Crippen molar-refractivity contribution < 1.29 is 17.9 Å². The third-order valence-electron chi connectivity index (χ3n) is 3.79. The lowest BCUT2D eigenvalue weighted by Gasteiger charge is -2.25. The van der Waals surface area contributed by atoms with Crippen molar-refractivity contribution in [1.29, 1.82) is 0 Å². The molecule has 0 spiro atoms. The summed E-state index contributed by atoms with van der Waals surface area (Å²) in [6, 6.07) is 3.23. The lowest BCUT2D eigenvalue weighted by atomic mass is 9.95. The van der Waals surface area contributed by atoms with Crippen molar-refractivity contribution in [1.82, 2.24) is 10.3 Å². The van der Waals surface area contributed by atoms with Crippen LogP contribution in [0.2, 0.25) is 5.02 Å². The van der Waals surface area contributed by atoms with Crippen molar-refractivity contribution in [2.75, 3.05) is 13.1 Å². The lowest BCUT2D eigenvalue weighted by molar-refractivity contribution is 0.131. The number of nitrogens with zero attached hydrogens (tertiary/aromatic N) is 1. The van der Waals surface area contributed by atoms with Gasteiger partial charge < -0.3 is 10.1 Å². The van der Waals surface area contributed by atoms with Gasteiger partial charge >= 0.3 is 0 Å². The molecule has 1 unspecified atom stereocenters. The van der Waals surface area contributed by atoms with Gasteiger partial charge in [0.1, 0.15) is 11.9 Å². The standard InChI is InChI=1S/C16H14ClF3N2O/c17-11-4-13(19)16(14(20)5-11)23-15(9-1-2-21-6-9)10-3-12(18)8-22-7-10/h3-5,7-9,15,21H,1-2,6H2/t9-,15?/m0/s1. The van der Waals surface area contributed by atoms with E-state index in [9.17, 15) is 13.2 Å². The van der Waals surface area contributed by atoms with Gasteiger partial charge in [0.2, 0.25) is 0 Å². The van der Waals surface area contributed by atoms with Gasteiger partial charge in [0, 0.05) is 29.2 Å². The zero-order valence-electron chi connectivity index (χ0n) is 12.0. The van der Waals surface area contributed by atoms with Crippen molar-refractivity contribution in [3.05, 3.63) is 58.6 Å². The molecule has 2 aromatic rings. The number of aromatic nitrogens is 1. The van der Waals surface area contributed by atoms with Crippen molar-refractivity contribution in [2.24, 2.45) is 5.92 Å². The first kappa shape index (κ1) is 16.1. The van der Waals surface area contributed by atoms with Gasteiger partial charge in [-0.25, -0.2) is 13.2 Å². The topological polar surface area (TPSA) is 34.1 Å². The molecule has 3 nitrogen and oxygen atoms in total. The number of rotatable bonds is 4. The Morgan fingerprint density at radius 1 is 1.17 bits per heavy atom. The van der Waals surface area contributed by atoms with Crippen LogP contribution in [0.1, 0.15) is 18.1 Å². The molecule has 1 aromatic carbocycles. The van der Waals surface area contributed by atoms with Crippen molar-refractivity contribution >= 4 is 11.6 Å². The van der Waals surface area contributed by atoms with Crippen LogP contribution in [0.4, 0.5) is 13.2 Å². The fourth-order valence-corrected chi connectivity index (χ4v) is 2.92. The van der Waals surface area contributed by atoms with Crippen LogP contribution < -0.4 is 10.1 Å². The highest BCUT2D eigenvalue weighted by molar-refractivity contribution is 6.30. The van der Waals surface area contributed by atoms with Crippen LogP contribution in [-0.2, 0) is 0 Å². The van der Waals surface area contributed by atoms with Crippen molar-refractivity contribution in [3.63, 3.8) is 0 Å². The summed E-state index contributed by atoms with van der Waals surface area (Å²) < 4.78 is 47.1. The highest BCUT2D eigenvalue weighted by Gasteiger charge is 2.30. The van der Waals surface area contributed by atoms with E-state index in [0.29, 0.717) is 12.1 Å². The van der Waals surface area contributed by atoms with E-state index in [4.69, 9.17) is 16.3 Å². The van der Waals surface area contributed by atoms with Crippen LogP contribution in [0.25, 0.3) is 0 Å². The zero-order valence-corrected chi connectivity index (χ0v) is 12.8. The van der Waals surface area contributed by atoms with Crippen LogP contribution in [0, 0.1) is 23.4 Å². The Labute approximate surface area is 136 Å². The maximum absolute atomic E-state index is 14.0. The van der Waals surface area contributed by atoms with Gasteiger partial charge in [0.15, 0.2) is 17.4 Å². The summed E-state index contributed by atoms with van der Waals surface area (Å²) in [5.41, 5.74) is 0.437. The van der Waals surface area contributed by atoms with Gasteiger partial charge in [-0.3, -0.25) is 4.98 Å². The summed E-state index contributed by atoms with van der Waals surface area (Å²) in [7, 11) is 0. The molecule has 7 heteroatoms. The number of pyridine rings is 1. The van der Waals surface area contributed by atoms with Crippen LogP contribution in [0.3, 0.4) is 0 Å². The molecule has 0 aliphatic carbocycles. The molecular formula is C16H14ClF3N2O. The normalized spacial score (nSPS) is 18.9. The monoisotopic (exact) mass is 342 g/mol. The fraction of sp³-hybridized carbons (Fsp3) is 0.312. The molecule has 1 saturated heterocycles. The second kappa shape index (κ2) is 6.76. The molecule has 2 atom stereocenters. The average Bonchev–Trinajstić information content (AvgIpc) is 3.00. The van der Waals surface area contributed by atoms with Gasteiger partial charge in [-0.15, -0.1) is 0 Å². The summed E-state index contributed by atoms with van der Waals surface area (Å²) in [5, 5.41) is 3.10. The summed E-state index contributed by atoms with van der Waals surface area (Å²) >= 11 is 5.62. The highest BCUT2D eigenvalue weighted by Crippen LogP contribution is 2.35. The number of benzene rings is 1. The van der Waals surface area contributed by atoms with Gasteiger partial charge in [-0.1, -0.05) is 11.6 Å². The van der Waals surface area contributed by atoms with Gasteiger partial charge in [-0.2, -0.15) is 0 Å². The summed E-state index contributed by atoms with van der Waals surface area (Å²) in [6.45, 7) is 1.37. The lowest BCUT2D eigenvalue weighted by Crippen LogP contribution is -2.22. The Bertz CT molecular complexity index is 684. The SMILES string of the molecule is Fc1cncc(C(Oc2c(F)cc(Cl)cc2F)[C@H]2CCNC2)c1. The van der Waals surface area contributed by atoms with Crippen LogP contribution in [-0.4, -0.2) is 18.1 Å². The molecule has 2 heterocycles. The Hall–Kier alpha value is -1.79. The molecule has 1 aliphatic rings. The van der Waals surface area contributed by atoms with E-state index in [2.05, 4.69) is 10.3 Å². The van der Waals surface area contributed by atoms with Crippen molar-refractivity contribution in [2.45, 2.75) is 12.5 Å². The van der Waals surface area contributed by atoms with Gasteiger partial charge in [-0.05, 0) is 31.2 Å². The largest absolute Gasteiger partial charge is 0.479 e. The second-order valence-electron chi connectivity index (χ2n) is 5.43. The number of hydrogen-bond acceptors (Lipinski definition) is 3. The summed E-state index contributed by atoms with van der Waals surface area (Å²) in [4.78, 5) is 3.79. The Kier molecular flexibility index (Phi) is 4.73. The molecule has 1 fully saturated rings. The number of halogens is 4. The molecule has 1 aromatic heterocycles. The molecule has 3 rings (SSSR count). The highest BCUT2D eigenvalue weighted by atomic mass is 35.5. The van der Waals surface area contributed by atoms with Crippen LogP contribution in [0.15, 0.2) is 30.6 Å². The van der Waals surface area contributed by atoms with E-state index < -0.39 is 29.3 Å². The van der Waals surface area contributed by atoms with E-state index in [0.717, 1.165) is 31.3 Å². The first-order chi connectivity index (χ1) is 11.0. The van der Waals surface area contributed by atoms with E-state index in [1.54, 1.807) is 0 Å². The van der Waals surface area contributed by atoms with E-state index in [-0.39, 0.29) is 10.9 Å². The molecule has 0 bridgehead atoms. The van der Waals surface area contributed by atoms with Crippen molar-refractivity contribution in [3.8, 4) is 5.75 Å². The van der Waals surface area contributed by atoms with E-state index in [1.165, 1.54) is 12.3 Å². The molecule has 0 amide bonds. The minimum absolute atomic E-state index is 0.0481. The number of ether oxygens (including phenoxy) is 1. The average molecular weight is 343 g/mol. The molecule has 122 valence electrons. The first-order valence-corrected chi connectivity index (χ1v) is 7.55. The first-order valence-electron chi connectivity index (χ1n) is 7.17. The predicted molar refractivity (Wildman–Crippen MR) is 79.9 cm³/mol. The predicted octanol–water partition coefficient (Wildman–Crippen LogP) is 3.88. The Morgan fingerprint density at radius 2 is 1.91 bits per heavy atom. The zero-order chi connectivity index (χ0) is 16.4.